The minimum atomic E-state index is -0.254. The fourth-order valence-electron chi connectivity index (χ4n) is 2.32. The van der Waals surface area contributed by atoms with Crippen molar-refractivity contribution in [3.8, 4) is 0 Å². The lowest BCUT2D eigenvalue weighted by Crippen LogP contribution is -2.00. The maximum absolute atomic E-state index is 9.66. The van der Waals surface area contributed by atoms with Crippen LogP contribution in [0.2, 0.25) is 0 Å². The molecule has 0 aromatic heterocycles. The Balaban J connectivity index is 2.02. The van der Waals surface area contributed by atoms with E-state index in [2.05, 4.69) is 26.0 Å². The topological polar surface area (TPSA) is 20.2 Å². The van der Waals surface area contributed by atoms with Gasteiger partial charge in [-0.15, -0.1) is 0 Å². The lowest BCUT2D eigenvalue weighted by molar-refractivity contribution is 0.208. The Hall–Kier alpha value is -0.560. The summed E-state index contributed by atoms with van der Waals surface area (Å²) in [7, 11) is 0. The zero-order chi connectivity index (χ0) is 12.5. The smallest absolute Gasteiger partial charge is 0.0723 e. The van der Waals surface area contributed by atoms with E-state index in [0.717, 1.165) is 24.7 Å². The number of aliphatic hydroxyl groups is 1. The van der Waals surface area contributed by atoms with Crippen molar-refractivity contribution in [2.75, 3.05) is 0 Å². The molecule has 0 amide bonds. The molecule has 0 aliphatic heterocycles. The van der Waals surface area contributed by atoms with Crippen LogP contribution in [0.25, 0.3) is 0 Å². The van der Waals surface area contributed by atoms with Gasteiger partial charge in [-0.2, -0.15) is 0 Å². The van der Waals surface area contributed by atoms with E-state index >= 15 is 0 Å². The van der Waals surface area contributed by atoms with Crippen molar-refractivity contribution >= 4 is 0 Å². The van der Waals surface area contributed by atoms with Crippen molar-refractivity contribution in [2.24, 2.45) is 11.8 Å². The van der Waals surface area contributed by atoms with Crippen LogP contribution in [0.5, 0.6) is 0 Å². The highest BCUT2D eigenvalue weighted by atomic mass is 16.3. The van der Waals surface area contributed by atoms with Gasteiger partial charge in [0.15, 0.2) is 0 Å². The Bertz CT molecular complexity index is 242. The summed E-state index contributed by atoms with van der Waals surface area (Å²) in [5.41, 5.74) is 0. The lowest BCUT2D eigenvalue weighted by Gasteiger charge is -2.02. The molecule has 0 heterocycles. The minimum Gasteiger partial charge on any atom is -0.389 e. The van der Waals surface area contributed by atoms with E-state index in [0.29, 0.717) is 0 Å². The number of unbranched alkanes of at least 4 members (excludes halogenated alkanes) is 2. The highest BCUT2D eigenvalue weighted by Crippen LogP contribution is 2.43. The molecule has 1 nitrogen and oxygen atoms in total. The second kappa shape index (κ2) is 8.52. The molecule has 1 aliphatic carbocycles. The van der Waals surface area contributed by atoms with E-state index in [4.69, 9.17) is 0 Å². The van der Waals surface area contributed by atoms with Crippen LogP contribution in [0.4, 0.5) is 0 Å². The summed E-state index contributed by atoms with van der Waals surface area (Å²) in [6.07, 6.45) is 16.4. The Morgan fingerprint density at radius 2 is 2.00 bits per heavy atom. The minimum absolute atomic E-state index is 0.254. The van der Waals surface area contributed by atoms with E-state index in [-0.39, 0.29) is 6.10 Å². The summed E-state index contributed by atoms with van der Waals surface area (Å²) in [6, 6.07) is 0. The van der Waals surface area contributed by atoms with Crippen LogP contribution < -0.4 is 0 Å². The second-order valence-corrected chi connectivity index (χ2v) is 5.28. The average molecular weight is 236 g/mol. The predicted octanol–water partition coefficient (Wildman–Crippen LogP) is 4.48. The first-order valence-electron chi connectivity index (χ1n) is 7.29. The van der Waals surface area contributed by atoms with Crippen molar-refractivity contribution in [1.82, 2.24) is 0 Å². The highest BCUT2D eigenvalue weighted by Gasteiger charge is 2.33. The Kier molecular flexibility index (Phi) is 7.27. The number of rotatable bonds is 9. The molecule has 0 radical (unpaired) electrons. The third kappa shape index (κ3) is 6.68. The van der Waals surface area contributed by atoms with Gasteiger partial charge in [0.2, 0.25) is 0 Å². The van der Waals surface area contributed by atoms with E-state index in [9.17, 15) is 5.11 Å². The molecule has 1 saturated carbocycles. The molecule has 1 fully saturated rings. The number of hydrogen-bond acceptors (Lipinski definition) is 1. The molecule has 0 aromatic rings. The van der Waals surface area contributed by atoms with E-state index in [1.54, 1.807) is 0 Å². The summed E-state index contributed by atoms with van der Waals surface area (Å²) in [6.45, 7) is 4.47. The van der Waals surface area contributed by atoms with Gasteiger partial charge in [-0.05, 0) is 31.1 Å². The van der Waals surface area contributed by atoms with Gasteiger partial charge < -0.3 is 5.11 Å². The summed E-state index contributed by atoms with van der Waals surface area (Å²) in [4.78, 5) is 0. The van der Waals surface area contributed by atoms with Gasteiger partial charge in [0.1, 0.15) is 0 Å². The fourth-order valence-corrected chi connectivity index (χ4v) is 2.32. The van der Waals surface area contributed by atoms with E-state index in [1.807, 2.05) is 12.2 Å². The quantitative estimate of drug-likeness (QED) is 0.462. The van der Waals surface area contributed by atoms with Crippen LogP contribution in [-0.4, -0.2) is 11.2 Å². The van der Waals surface area contributed by atoms with Gasteiger partial charge in [0.05, 0.1) is 6.10 Å². The normalized spacial score (nSPS) is 25.8. The van der Waals surface area contributed by atoms with Crippen molar-refractivity contribution < 1.29 is 5.11 Å². The van der Waals surface area contributed by atoms with E-state index < -0.39 is 0 Å². The highest BCUT2D eigenvalue weighted by molar-refractivity contribution is 5.06. The molecule has 0 saturated heterocycles. The summed E-state index contributed by atoms with van der Waals surface area (Å²) in [5.74, 6) is 1.93. The molecule has 3 atom stereocenters. The zero-order valence-corrected chi connectivity index (χ0v) is 11.4. The SMILES string of the molecule is CCCCCC(O)/C=C/C=C/CC1CC1CC. The third-order valence-electron chi connectivity index (χ3n) is 3.72. The van der Waals surface area contributed by atoms with Crippen LogP contribution >= 0.6 is 0 Å². The van der Waals surface area contributed by atoms with Crippen molar-refractivity contribution in [3.63, 3.8) is 0 Å². The summed E-state index contributed by atoms with van der Waals surface area (Å²) < 4.78 is 0. The van der Waals surface area contributed by atoms with Crippen LogP contribution in [0.1, 0.15) is 58.8 Å². The molecule has 1 heteroatoms. The molecule has 0 aromatic carbocycles. The van der Waals surface area contributed by atoms with Crippen molar-refractivity contribution in [1.29, 1.82) is 0 Å². The van der Waals surface area contributed by atoms with Crippen LogP contribution in [0.15, 0.2) is 24.3 Å². The zero-order valence-electron chi connectivity index (χ0n) is 11.4. The van der Waals surface area contributed by atoms with E-state index in [1.165, 1.54) is 32.1 Å². The molecular formula is C16H28O. The van der Waals surface area contributed by atoms with Crippen LogP contribution in [0, 0.1) is 11.8 Å². The third-order valence-corrected chi connectivity index (χ3v) is 3.72. The number of allylic oxidation sites excluding steroid dienone is 3. The van der Waals surface area contributed by atoms with Gasteiger partial charge >= 0.3 is 0 Å². The molecule has 1 aliphatic rings. The second-order valence-electron chi connectivity index (χ2n) is 5.28. The first-order valence-corrected chi connectivity index (χ1v) is 7.29. The van der Waals surface area contributed by atoms with Crippen LogP contribution in [0.3, 0.4) is 0 Å². The maximum atomic E-state index is 9.66. The van der Waals surface area contributed by atoms with Gasteiger partial charge in [-0.25, -0.2) is 0 Å². The molecular weight excluding hydrogens is 208 g/mol. The summed E-state index contributed by atoms with van der Waals surface area (Å²) in [5, 5.41) is 9.66. The largest absolute Gasteiger partial charge is 0.389 e. The fraction of sp³-hybridized carbons (Fsp3) is 0.750. The van der Waals surface area contributed by atoms with Gasteiger partial charge in [0.25, 0.3) is 0 Å². The van der Waals surface area contributed by atoms with Crippen LogP contribution in [-0.2, 0) is 0 Å². The molecule has 0 spiro atoms. The average Bonchev–Trinajstić information content (AvgIpc) is 3.08. The molecule has 0 bridgehead atoms. The first kappa shape index (κ1) is 14.5. The maximum Gasteiger partial charge on any atom is 0.0723 e. The molecule has 1 rings (SSSR count). The number of aliphatic hydroxyl groups excluding tert-OH is 1. The molecule has 1 N–H and O–H groups in total. The first-order chi connectivity index (χ1) is 8.27. The standard InChI is InChI=1S/C16H28O/c1-3-5-7-11-16(17)12-9-6-8-10-15-13-14(15)4-2/h6,8-9,12,14-17H,3-5,7,10-11,13H2,1-2H3/b8-6+,12-9+. The predicted molar refractivity (Wildman–Crippen MR) is 74.9 cm³/mol. The Morgan fingerprint density at radius 3 is 2.65 bits per heavy atom. The monoisotopic (exact) mass is 236 g/mol. The molecule has 98 valence electrons. The molecule has 17 heavy (non-hydrogen) atoms. The van der Waals surface area contributed by atoms with Gasteiger partial charge in [-0.1, -0.05) is 63.8 Å². The lowest BCUT2D eigenvalue weighted by atomic mass is 10.1. The Morgan fingerprint density at radius 1 is 1.18 bits per heavy atom. The summed E-state index contributed by atoms with van der Waals surface area (Å²) >= 11 is 0. The van der Waals surface area contributed by atoms with Crippen molar-refractivity contribution in [3.05, 3.63) is 24.3 Å². The molecule has 3 unspecified atom stereocenters. The number of hydrogen-bond donors (Lipinski definition) is 1. The van der Waals surface area contributed by atoms with Crippen molar-refractivity contribution in [2.45, 2.75) is 64.9 Å². The van der Waals surface area contributed by atoms with Gasteiger partial charge in [-0.3, -0.25) is 0 Å². The Labute approximate surface area is 107 Å². The van der Waals surface area contributed by atoms with Gasteiger partial charge in [0, 0.05) is 0 Å².